The van der Waals surface area contributed by atoms with E-state index in [1.54, 1.807) is 13.2 Å². The number of methoxy groups -OCH3 is 1. The summed E-state index contributed by atoms with van der Waals surface area (Å²) in [6.07, 6.45) is 4.23. The molecule has 1 N–H and O–H groups in total. The molecule has 0 aliphatic carbocycles. The molecule has 0 aliphatic rings. The Kier molecular flexibility index (Phi) is 5.78. The van der Waals surface area contributed by atoms with Crippen molar-refractivity contribution < 1.29 is 9.53 Å². The minimum Gasteiger partial charge on any atom is -0.497 e. The third-order valence-corrected chi connectivity index (χ3v) is 3.45. The van der Waals surface area contributed by atoms with Crippen molar-refractivity contribution in [2.75, 3.05) is 13.7 Å². The third kappa shape index (κ3) is 4.77. The third-order valence-electron chi connectivity index (χ3n) is 3.45. The van der Waals surface area contributed by atoms with Gasteiger partial charge in [-0.2, -0.15) is 0 Å². The summed E-state index contributed by atoms with van der Waals surface area (Å²) in [6.45, 7) is 2.63. The number of carbonyl (C=O) groups is 1. The zero-order chi connectivity index (χ0) is 15.8. The molecule has 114 valence electrons. The summed E-state index contributed by atoms with van der Waals surface area (Å²) in [5.41, 5.74) is 3.31. The number of benzene rings is 2. The fraction of sp³-hybridized carbons (Fsp3) is 0.211. The second-order valence-electron chi connectivity index (χ2n) is 5.08. The van der Waals surface area contributed by atoms with Gasteiger partial charge in [-0.05, 0) is 48.2 Å². The smallest absolute Gasteiger partial charge is 0.244 e. The van der Waals surface area contributed by atoms with Crippen LogP contribution in [0.4, 0.5) is 0 Å². The molecule has 0 aromatic heterocycles. The van der Waals surface area contributed by atoms with Crippen LogP contribution < -0.4 is 10.1 Å². The van der Waals surface area contributed by atoms with Crippen molar-refractivity contribution in [3.63, 3.8) is 0 Å². The highest BCUT2D eigenvalue weighted by atomic mass is 16.5. The Morgan fingerprint density at radius 2 is 1.95 bits per heavy atom. The Hall–Kier alpha value is -2.55. The van der Waals surface area contributed by atoms with E-state index in [-0.39, 0.29) is 5.91 Å². The molecular weight excluding hydrogens is 274 g/mol. The molecular formula is C19H21NO2. The van der Waals surface area contributed by atoms with Gasteiger partial charge in [0.15, 0.2) is 0 Å². The first kappa shape index (κ1) is 15.8. The Morgan fingerprint density at radius 3 is 2.64 bits per heavy atom. The van der Waals surface area contributed by atoms with Crippen LogP contribution in [0.2, 0.25) is 0 Å². The topological polar surface area (TPSA) is 38.3 Å². The van der Waals surface area contributed by atoms with Crippen molar-refractivity contribution in [3.05, 3.63) is 71.3 Å². The largest absolute Gasteiger partial charge is 0.497 e. The van der Waals surface area contributed by atoms with Crippen LogP contribution in [0.5, 0.6) is 5.75 Å². The van der Waals surface area contributed by atoms with Crippen LogP contribution >= 0.6 is 0 Å². The highest BCUT2D eigenvalue weighted by Crippen LogP contribution is 2.17. The highest BCUT2D eigenvalue weighted by molar-refractivity contribution is 5.91. The number of carbonyl (C=O) groups excluding carboxylic acids is 1. The number of hydrogen-bond acceptors (Lipinski definition) is 2. The van der Waals surface area contributed by atoms with Gasteiger partial charge < -0.3 is 10.1 Å². The lowest BCUT2D eigenvalue weighted by Gasteiger charge is -2.05. The van der Waals surface area contributed by atoms with Gasteiger partial charge in [-0.3, -0.25) is 4.79 Å². The normalized spacial score (nSPS) is 10.6. The fourth-order valence-corrected chi connectivity index (χ4v) is 2.16. The molecule has 2 rings (SSSR count). The Morgan fingerprint density at radius 1 is 1.18 bits per heavy atom. The van der Waals surface area contributed by atoms with Crippen molar-refractivity contribution in [2.24, 2.45) is 0 Å². The zero-order valence-corrected chi connectivity index (χ0v) is 13.0. The predicted octanol–water partition coefficient (Wildman–Crippen LogP) is 3.38. The van der Waals surface area contributed by atoms with Crippen molar-refractivity contribution in [3.8, 4) is 5.75 Å². The Labute approximate surface area is 131 Å². The van der Waals surface area contributed by atoms with E-state index >= 15 is 0 Å². The molecule has 0 bridgehead atoms. The Balaban J connectivity index is 1.84. The average Bonchev–Trinajstić information content (AvgIpc) is 2.54. The molecule has 1 amide bonds. The molecule has 0 radical (unpaired) electrons. The van der Waals surface area contributed by atoms with E-state index in [4.69, 9.17) is 4.74 Å². The van der Waals surface area contributed by atoms with E-state index in [2.05, 4.69) is 17.4 Å². The van der Waals surface area contributed by atoms with E-state index in [9.17, 15) is 4.79 Å². The lowest BCUT2D eigenvalue weighted by Crippen LogP contribution is -2.23. The molecule has 0 heterocycles. The molecule has 22 heavy (non-hydrogen) atoms. The molecule has 2 aromatic rings. The van der Waals surface area contributed by atoms with Crippen LogP contribution in [-0.2, 0) is 11.2 Å². The van der Waals surface area contributed by atoms with Gasteiger partial charge in [0.05, 0.1) is 7.11 Å². The SMILES string of the molecule is COc1ccc(/C=C/C(=O)NCCc2ccccc2)c(C)c1. The standard InChI is InChI=1S/C19H21NO2/c1-15-14-18(22-2)10-8-17(15)9-11-19(21)20-13-12-16-6-4-3-5-7-16/h3-11,14H,12-13H2,1-2H3,(H,20,21)/b11-9+. The number of nitrogens with one attached hydrogen (secondary N) is 1. The molecule has 0 aliphatic heterocycles. The number of ether oxygens (including phenoxy) is 1. The molecule has 0 atom stereocenters. The summed E-state index contributed by atoms with van der Waals surface area (Å²) in [6, 6.07) is 15.9. The van der Waals surface area contributed by atoms with Gasteiger partial charge in [-0.1, -0.05) is 36.4 Å². The van der Waals surface area contributed by atoms with Crippen LogP contribution in [-0.4, -0.2) is 19.6 Å². The minimum absolute atomic E-state index is 0.0776. The maximum absolute atomic E-state index is 11.8. The molecule has 0 spiro atoms. The van der Waals surface area contributed by atoms with Crippen LogP contribution in [0.3, 0.4) is 0 Å². The summed E-state index contributed by atoms with van der Waals surface area (Å²) in [7, 11) is 1.64. The molecule has 0 saturated heterocycles. The average molecular weight is 295 g/mol. The monoisotopic (exact) mass is 295 g/mol. The minimum atomic E-state index is -0.0776. The van der Waals surface area contributed by atoms with E-state index in [1.165, 1.54) is 5.56 Å². The van der Waals surface area contributed by atoms with E-state index in [1.807, 2.05) is 49.4 Å². The number of amides is 1. The number of hydrogen-bond donors (Lipinski definition) is 1. The summed E-state index contributed by atoms with van der Waals surface area (Å²) < 4.78 is 5.17. The van der Waals surface area contributed by atoms with Crippen LogP contribution in [0.1, 0.15) is 16.7 Å². The van der Waals surface area contributed by atoms with Crippen molar-refractivity contribution >= 4 is 12.0 Å². The summed E-state index contributed by atoms with van der Waals surface area (Å²) in [5.74, 6) is 0.744. The summed E-state index contributed by atoms with van der Waals surface area (Å²) >= 11 is 0. The molecule has 0 fully saturated rings. The second-order valence-corrected chi connectivity index (χ2v) is 5.08. The van der Waals surface area contributed by atoms with E-state index in [0.717, 1.165) is 23.3 Å². The van der Waals surface area contributed by atoms with Crippen molar-refractivity contribution in [1.82, 2.24) is 5.32 Å². The first-order valence-electron chi connectivity index (χ1n) is 7.33. The lowest BCUT2D eigenvalue weighted by molar-refractivity contribution is -0.116. The maximum atomic E-state index is 11.8. The molecule has 0 saturated carbocycles. The number of aryl methyl sites for hydroxylation is 1. The number of rotatable bonds is 6. The van der Waals surface area contributed by atoms with Gasteiger partial charge in [0.2, 0.25) is 5.91 Å². The van der Waals surface area contributed by atoms with E-state index < -0.39 is 0 Å². The van der Waals surface area contributed by atoms with Gasteiger partial charge in [-0.15, -0.1) is 0 Å². The van der Waals surface area contributed by atoms with Gasteiger partial charge in [-0.25, -0.2) is 0 Å². The van der Waals surface area contributed by atoms with E-state index in [0.29, 0.717) is 6.54 Å². The van der Waals surface area contributed by atoms with Gasteiger partial charge in [0.25, 0.3) is 0 Å². The second kappa shape index (κ2) is 8.03. The zero-order valence-electron chi connectivity index (χ0n) is 13.0. The van der Waals surface area contributed by atoms with Gasteiger partial charge >= 0.3 is 0 Å². The molecule has 3 nitrogen and oxygen atoms in total. The van der Waals surface area contributed by atoms with Crippen LogP contribution in [0.25, 0.3) is 6.08 Å². The Bertz CT molecular complexity index is 648. The summed E-state index contributed by atoms with van der Waals surface area (Å²) in [4.78, 5) is 11.8. The maximum Gasteiger partial charge on any atom is 0.244 e. The van der Waals surface area contributed by atoms with Crippen LogP contribution in [0, 0.1) is 6.92 Å². The quantitative estimate of drug-likeness (QED) is 0.830. The molecule has 3 heteroatoms. The van der Waals surface area contributed by atoms with Crippen molar-refractivity contribution in [2.45, 2.75) is 13.3 Å². The molecule has 0 unspecified atom stereocenters. The fourth-order valence-electron chi connectivity index (χ4n) is 2.16. The predicted molar refractivity (Wildman–Crippen MR) is 89.9 cm³/mol. The van der Waals surface area contributed by atoms with Crippen LogP contribution in [0.15, 0.2) is 54.6 Å². The van der Waals surface area contributed by atoms with Crippen molar-refractivity contribution in [1.29, 1.82) is 0 Å². The first-order chi connectivity index (χ1) is 10.7. The van der Waals surface area contributed by atoms with Gasteiger partial charge in [0, 0.05) is 12.6 Å². The first-order valence-corrected chi connectivity index (χ1v) is 7.33. The lowest BCUT2D eigenvalue weighted by atomic mass is 10.1. The van der Waals surface area contributed by atoms with Gasteiger partial charge in [0.1, 0.15) is 5.75 Å². The molecule has 2 aromatic carbocycles. The highest BCUT2D eigenvalue weighted by Gasteiger charge is 1.99. The summed E-state index contributed by atoms with van der Waals surface area (Å²) in [5, 5.41) is 2.89.